The van der Waals surface area contributed by atoms with Crippen LogP contribution in [0.15, 0.2) is 30.3 Å². The molecule has 3 N–H and O–H groups in total. The quantitative estimate of drug-likeness (QED) is 0.574. The lowest BCUT2D eigenvalue weighted by Gasteiger charge is -2.15. The van der Waals surface area contributed by atoms with Gasteiger partial charge in [-0.1, -0.05) is 23.7 Å². The Hall–Kier alpha value is -2.79. The molecule has 1 aromatic carbocycles. The molecule has 0 unspecified atom stereocenters. The van der Waals surface area contributed by atoms with Gasteiger partial charge in [0, 0.05) is 0 Å². The van der Waals surface area contributed by atoms with Crippen LogP contribution in [-0.4, -0.2) is 63.6 Å². The van der Waals surface area contributed by atoms with Crippen LogP contribution in [0.5, 0.6) is 6.01 Å². The maximum atomic E-state index is 13.8. The Labute approximate surface area is 174 Å². The fourth-order valence-corrected chi connectivity index (χ4v) is 3.75. The first-order valence-electron chi connectivity index (χ1n) is 9.19. The van der Waals surface area contributed by atoms with E-state index in [0.29, 0.717) is 5.52 Å². The molecule has 2 aromatic heterocycles. The number of hydrogen-bond acceptors (Lipinski definition) is 7. The maximum absolute atomic E-state index is 13.8. The summed E-state index contributed by atoms with van der Waals surface area (Å²) < 4.78 is 30.7. The first kappa shape index (κ1) is 19.2. The first-order chi connectivity index (χ1) is 14.5. The number of ether oxygens (including phenoxy) is 3. The summed E-state index contributed by atoms with van der Waals surface area (Å²) >= 11 is 6.22. The normalized spacial score (nSPS) is 25.4. The highest BCUT2D eigenvalue weighted by Gasteiger charge is 2.48. The Balaban J connectivity index is 1.36. The molecule has 2 fully saturated rings. The average molecular weight is 435 g/mol. The third kappa shape index (κ3) is 3.37. The minimum atomic E-state index is -0.681. The number of pyridine rings is 1. The number of amides is 1. The highest BCUT2D eigenvalue weighted by molar-refractivity contribution is 6.34. The number of nitrogens with one attached hydrogen (secondary N) is 2. The first-order valence-corrected chi connectivity index (χ1v) is 9.57. The topological polar surface area (TPSA) is 119 Å². The largest absolute Gasteiger partial charge is 0.456 e. The van der Waals surface area contributed by atoms with Gasteiger partial charge in [0.2, 0.25) is 0 Å². The number of aliphatic hydroxyl groups is 1. The van der Waals surface area contributed by atoms with Crippen LogP contribution in [-0.2, 0) is 9.47 Å². The van der Waals surface area contributed by atoms with E-state index >= 15 is 0 Å². The van der Waals surface area contributed by atoms with Crippen molar-refractivity contribution >= 4 is 34.5 Å². The number of H-pyrrole nitrogens is 1. The van der Waals surface area contributed by atoms with Crippen molar-refractivity contribution in [2.24, 2.45) is 0 Å². The minimum Gasteiger partial charge on any atom is -0.456 e. The SMILES string of the molecule is O=C(Nc1nc2nc(O[C@@H]3CO[C@H]4[C@@H]3OC[C@H]4O)[nH]c2cc1Cl)c1ccccc1F. The molecule has 4 atom stereocenters. The number of carbonyl (C=O) groups excluding carboxylic acids is 1. The van der Waals surface area contributed by atoms with Crippen LogP contribution < -0.4 is 10.1 Å². The number of carbonyl (C=O) groups is 1. The van der Waals surface area contributed by atoms with E-state index in [1.54, 1.807) is 6.07 Å². The fraction of sp³-hybridized carbons (Fsp3) is 0.316. The molecule has 0 radical (unpaired) electrons. The van der Waals surface area contributed by atoms with Crippen molar-refractivity contribution in [2.45, 2.75) is 24.4 Å². The molecule has 11 heteroatoms. The zero-order valence-electron chi connectivity index (χ0n) is 15.3. The van der Waals surface area contributed by atoms with Gasteiger partial charge in [0.15, 0.2) is 17.6 Å². The number of anilines is 1. The smallest absolute Gasteiger partial charge is 0.296 e. The average Bonchev–Trinajstić information content (AvgIpc) is 3.40. The molecule has 3 aromatic rings. The Morgan fingerprint density at radius 1 is 1.27 bits per heavy atom. The molecule has 30 heavy (non-hydrogen) atoms. The standard InChI is InChI=1S/C19H16ClFN4O5/c20-9-5-11-17(23-16(9)24-18(27)8-3-1-2-4-10(8)21)25-19(22-11)30-13-7-29-14-12(26)6-28-15(13)14/h1-5,12-15,26H,6-7H2,(H2,22,23,24,25,27)/t12-,13-,14-,15-/m1/s1. The van der Waals surface area contributed by atoms with Crippen LogP contribution in [0.1, 0.15) is 10.4 Å². The number of benzene rings is 1. The van der Waals surface area contributed by atoms with Crippen LogP contribution in [0.2, 0.25) is 5.02 Å². The number of rotatable bonds is 4. The molecule has 0 saturated carbocycles. The molecule has 1 amide bonds. The number of imidazole rings is 1. The molecule has 156 valence electrons. The van der Waals surface area contributed by atoms with E-state index in [0.717, 1.165) is 0 Å². The molecule has 2 aliphatic heterocycles. The molecular formula is C19H16ClFN4O5. The van der Waals surface area contributed by atoms with E-state index in [9.17, 15) is 14.3 Å². The minimum absolute atomic E-state index is 0.0435. The lowest BCUT2D eigenvalue weighted by atomic mass is 10.1. The summed E-state index contributed by atoms with van der Waals surface area (Å²) in [6.45, 7) is 0.444. The van der Waals surface area contributed by atoms with Crippen molar-refractivity contribution in [2.75, 3.05) is 18.5 Å². The Morgan fingerprint density at radius 3 is 2.90 bits per heavy atom. The molecule has 2 saturated heterocycles. The van der Waals surface area contributed by atoms with Gasteiger partial charge >= 0.3 is 0 Å². The molecule has 5 rings (SSSR count). The van der Waals surface area contributed by atoms with Gasteiger partial charge in [0.05, 0.1) is 29.3 Å². The van der Waals surface area contributed by atoms with Crippen molar-refractivity contribution in [3.63, 3.8) is 0 Å². The van der Waals surface area contributed by atoms with Crippen molar-refractivity contribution in [1.82, 2.24) is 15.0 Å². The summed E-state index contributed by atoms with van der Waals surface area (Å²) in [5, 5.41) is 12.5. The van der Waals surface area contributed by atoms with Crippen LogP contribution in [0.4, 0.5) is 10.2 Å². The Kier molecular flexibility index (Phi) is 4.78. The molecule has 0 spiro atoms. The number of halogens is 2. The van der Waals surface area contributed by atoms with Gasteiger partial charge in [0.1, 0.15) is 24.1 Å². The molecular weight excluding hydrogens is 419 g/mol. The predicted molar refractivity (Wildman–Crippen MR) is 103 cm³/mol. The van der Waals surface area contributed by atoms with Crippen LogP contribution in [0, 0.1) is 5.82 Å². The van der Waals surface area contributed by atoms with E-state index in [-0.39, 0.29) is 47.4 Å². The van der Waals surface area contributed by atoms with Gasteiger partial charge in [-0.15, -0.1) is 0 Å². The summed E-state index contributed by atoms with van der Waals surface area (Å²) in [6, 6.07) is 7.29. The summed E-state index contributed by atoms with van der Waals surface area (Å²) in [5.41, 5.74) is 0.610. The highest BCUT2D eigenvalue weighted by atomic mass is 35.5. The van der Waals surface area contributed by atoms with Crippen LogP contribution in [0.3, 0.4) is 0 Å². The zero-order chi connectivity index (χ0) is 20.8. The summed E-state index contributed by atoms with van der Waals surface area (Å²) in [5.74, 6) is -1.29. The van der Waals surface area contributed by atoms with E-state index in [1.807, 2.05) is 0 Å². The summed E-state index contributed by atoms with van der Waals surface area (Å²) in [7, 11) is 0. The molecule has 4 heterocycles. The fourth-order valence-electron chi connectivity index (χ4n) is 3.55. The second-order valence-corrected chi connectivity index (χ2v) is 7.39. The number of nitrogens with zero attached hydrogens (tertiary/aromatic N) is 2. The molecule has 0 bridgehead atoms. The van der Waals surface area contributed by atoms with Crippen molar-refractivity contribution in [3.05, 3.63) is 46.7 Å². The second kappa shape index (κ2) is 7.47. The van der Waals surface area contributed by atoms with Gasteiger partial charge in [-0.3, -0.25) is 4.79 Å². The number of aromatic nitrogens is 3. The van der Waals surface area contributed by atoms with E-state index in [2.05, 4.69) is 20.3 Å². The van der Waals surface area contributed by atoms with Crippen molar-refractivity contribution in [1.29, 1.82) is 0 Å². The van der Waals surface area contributed by atoms with E-state index in [4.69, 9.17) is 25.8 Å². The van der Waals surface area contributed by atoms with E-state index in [1.165, 1.54) is 24.3 Å². The van der Waals surface area contributed by atoms with E-state index < -0.39 is 30.0 Å². The molecule has 9 nitrogen and oxygen atoms in total. The molecule has 0 aliphatic carbocycles. The Morgan fingerprint density at radius 2 is 2.07 bits per heavy atom. The summed E-state index contributed by atoms with van der Waals surface area (Å²) in [4.78, 5) is 23.8. The zero-order valence-corrected chi connectivity index (χ0v) is 16.1. The highest BCUT2D eigenvalue weighted by Crippen LogP contribution is 2.31. The Bertz CT molecular complexity index is 1130. The summed E-state index contributed by atoms with van der Waals surface area (Å²) in [6.07, 6.45) is -1.93. The lowest BCUT2D eigenvalue weighted by molar-refractivity contribution is 0.00706. The van der Waals surface area contributed by atoms with Gasteiger partial charge < -0.3 is 29.6 Å². The van der Waals surface area contributed by atoms with Crippen LogP contribution >= 0.6 is 11.6 Å². The third-order valence-corrected chi connectivity index (χ3v) is 5.29. The lowest BCUT2D eigenvalue weighted by Crippen LogP contribution is -2.34. The number of aliphatic hydroxyl groups excluding tert-OH is 1. The van der Waals surface area contributed by atoms with Gasteiger partial charge in [-0.25, -0.2) is 9.37 Å². The van der Waals surface area contributed by atoms with Gasteiger partial charge in [-0.2, -0.15) is 4.98 Å². The van der Waals surface area contributed by atoms with Crippen LogP contribution in [0.25, 0.3) is 11.2 Å². The number of hydrogen-bond donors (Lipinski definition) is 3. The number of aromatic amines is 1. The monoisotopic (exact) mass is 434 g/mol. The van der Waals surface area contributed by atoms with Crippen molar-refractivity contribution in [3.8, 4) is 6.01 Å². The maximum Gasteiger partial charge on any atom is 0.296 e. The van der Waals surface area contributed by atoms with Gasteiger partial charge in [0.25, 0.3) is 11.9 Å². The van der Waals surface area contributed by atoms with Gasteiger partial charge in [-0.05, 0) is 18.2 Å². The third-order valence-electron chi connectivity index (χ3n) is 5.00. The second-order valence-electron chi connectivity index (χ2n) is 6.99. The molecule has 2 aliphatic rings. The van der Waals surface area contributed by atoms with Crippen molar-refractivity contribution < 1.29 is 28.5 Å². The predicted octanol–water partition coefficient (Wildman–Crippen LogP) is 1.91. The number of fused-ring (bicyclic) bond motifs is 2.